The van der Waals surface area contributed by atoms with Crippen molar-refractivity contribution in [3.8, 4) is 16.8 Å². The summed E-state index contributed by atoms with van der Waals surface area (Å²) in [5, 5.41) is 16.9. The number of hydrogen-bond acceptors (Lipinski definition) is 9. The summed E-state index contributed by atoms with van der Waals surface area (Å²) < 4.78 is 6.89. The molecule has 4 N–H and O–H groups in total. The van der Waals surface area contributed by atoms with Gasteiger partial charge in [0.05, 0.1) is 31.4 Å². The predicted molar refractivity (Wildman–Crippen MR) is 182 cm³/mol. The molecule has 1 amide bonds. The standard InChI is InChI=1S/C34H36ClN7O3S/c1-20-21(2)46-33-30(20)31(23-9-11-25(35)12-10-23)39-28(32-41-40-22(3)42(32)33)19-29(43)38-17-6-5-16-37-26-13-14-27(34(44)45-4)24(18-26)8-7-15-36/h9-14,18,28,37H,5-6,15-17,19,36H2,1-4H3,(H,38,43)/t28-/m0/s1. The van der Waals surface area contributed by atoms with Gasteiger partial charge in [-0.25, -0.2) is 4.79 Å². The summed E-state index contributed by atoms with van der Waals surface area (Å²) in [6.45, 7) is 7.51. The second-order valence-electron chi connectivity index (χ2n) is 10.9. The highest BCUT2D eigenvalue weighted by Crippen LogP contribution is 2.39. The van der Waals surface area contributed by atoms with Gasteiger partial charge in [-0.15, -0.1) is 21.5 Å². The Hall–Kier alpha value is -4.50. The number of halogens is 1. The molecule has 2 aromatic heterocycles. The van der Waals surface area contributed by atoms with Gasteiger partial charge in [0, 0.05) is 45.4 Å². The summed E-state index contributed by atoms with van der Waals surface area (Å²) in [4.78, 5) is 31.6. The lowest BCUT2D eigenvalue weighted by Crippen LogP contribution is -2.26. The van der Waals surface area contributed by atoms with Crippen LogP contribution in [0.2, 0.25) is 5.02 Å². The Morgan fingerprint density at radius 3 is 2.59 bits per heavy atom. The number of nitrogens with zero attached hydrogens (tertiary/aromatic N) is 4. The zero-order valence-corrected chi connectivity index (χ0v) is 27.8. The number of amides is 1. The Balaban J connectivity index is 1.23. The molecule has 46 heavy (non-hydrogen) atoms. The van der Waals surface area contributed by atoms with Gasteiger partial charge in [0.2, 0.25) is 5.91 Å². The number of carbonyl (C=O) groups is 2. The molecule has 1 aliphatic heterocycles. The Morgan fingerprint density at radius 2 is 1.85 bits per heavy atom. The third-order valence-electron chi connectivity index (χ3n) is 7.74. The Labute approximate surface area is 277 Å². The second kappa shape index (κ2) is 14.7. The first-order valence-electron chi connectivity index (χ1n) is 15.0. The van der Waals surface area contributed by atoms with E-state index in [1.54, 1.807) is 17.4 Å². The van der Waals surface area contributed by atoms with Crippen molar-refractivity contribution in [2.24, 2.45) is 10.7 Å². The van der Waals surface area contributed by atoms with Crippen molar-refractivity contribution in [1.82, 2.24) is 20.1 Å². The fraction of sp³-hybridized carbons (Fsp3) is 0.324. The highest BCUT2D eigenvalue weighted by Gasteiger charge is 2.32. The van der Waals surface area contributed by atoms with Crippen LogP contribution in [0.3, 0.4) is 0 Å². The number of aryl methyl sites for hydroxylation is 2. The smallest absolute Gasteiger partial charge is 0.339 e. The number of ether oxygens (including phenoxy) is 1. The van der Waals surface area contributed by atoms with Crippen molar-refractivity contribution in [1.29, 1.82) is 0 Å². The first-order valence-corrected chi connectivity index (χ1v) is 16.2. The van der Waals surface area contributed by atoms with Crippen LogP contribution in [0.25, 0.3) is 5.00 Å². The van der Waals surface area contributed by atoms with Gasteiger partial charge in [-0.1, -0.05) is 35.6 Å². The van der Waals surface area contributed by atoms with Gasteiger partial charge in [-0.2, -0.15) is 0 Å². The maximum Gasteiger partial charge on any atom is 0.339 e. The van der Waals surface area contributed by atoms with Crippen LogP contribution >= 0.6 is 22.9 Å². The molecule has 4 aromatic rings. The molecule has 1 aliphatic rings. The molecule has 5 rings (SSSR count). The van der Waals surface area contributed by atoms with Crippen molar-refractivity contribution in [3.05, 3.63) is 91.8 Å². The third-order valence-corrected chi connectivity index (χ3v) is 9.19. The molecule has 1 atom stereocenters. The molecule has 0 saturated heterocycles. The van der Waals surface area contributed by atoms with Crippen LogP contribution in [-0.2, 0) is 9.53 Å². The second-order valence-corrected chi connectivity index (χ2v) is 12.5. The molecule has 0 unspecified atom stereocenters. The number of unbranched alkanes of at least 4 members (excludes halogenated alkanes) is 1. The highest BCUT2D eigenvalue weighted by atomic mass is 35.5. The summed E-state index contributed by atoms with van der Waals surface area (Å²) in [6, 6.07) is 12.4. The minimum atomic E-state index is -0.516. The first-order chi connectivity index (χ1) is 22.2. The highest BCUT2D eigenvalue weighted by molar-refractivity contribution is 7.15. The van der Waals surface area contributed by atoms with E-state index >= 15 is 0 Å². The van der Waals surface area contributed by atoms with E-state index in [9.17, 15) is 9.59 Å². The summed E-state index contributed by atoms with van der Waals surface area (Å²) in [7, 11) is 1.34. The Morgan fingerprint density at radius 1 is 1.09 bits per heavy atom. The van der Waals surface area contributed by atoms with Crippen LogP contribution in [0, 0.1) is 32.6 Å². The number of thiophene rings is 1. The van der Waals surface area contributed by atoms with Crippen molar-refractivity contribution in [2.75, 3.05) is 32.1 Å². The molecule has 12 heteroatoms. The number of carbonyl (C=O) groups excluding carboxylic acids is 2. The van der Waals surface area contributed by atoms with E-state index < -0.39 is 12.0 Å². The maximum atomic E-state index is 13.2. The van der Waals surface area contributed by atoms with E-state index in [0.29, 0.717) is 35.1 Å². The van der Waals surface area contributed by atoms with E-state index in [4.69, 9.17) is 27.1 Å². The van der Waals surface area contributed by atoms with Crippen molar-refractivity contribution in [3.63, 3.8) is 0 Å². The van der Waals surface area contributed by atoms with E-state index in [-0.39, 0.29) is 18.9 Å². The van der Waals surface area contributed by atoms with Gasteiger partial charge in [0.1, 0.15) is 16.9 Å². The molecule has 0 saturated carbocycles. The zero-order chi connectivity index (χ0) is 32.8. The van der Waals surface area contributed by atoms with E-state index in [1.165, 1.54) is 12.0 Å². The molecule has 3 heterocycles. The molecule has 0 radical (unpaired) electrons. The van der Waals surface area contributed by atoms with Crippen molar-refractivity contribution < 1.29 is 14.3 Å². The molecule has 2 aromatic carbocycles. The molecule has 10 nitrogen and oxygen atoms in total. The number of fused-ring (bicyclic) bond motifs is 3. The number of esters is 1. The van der Waals surface area contributed by atoms with Crippen molar-refractivity contribution >= 4 is 46.2 Å². The number of methoxy groups -OCH3 is 1. The largest absolute Gasteiger partial charge is 0.465 e. The van der Waals surface area contributed by atoms with Crippen LogP contribution in [0.1, 0.15) is 74.4 Å². The van der Waals surface area contributed by atoms with Crippen LogP contribution in [-0.4, -0.2) is 59.1 Å². The average Bonchev–Trinajstić information content (AvgIpc) is 3.53. The Bertz CT molecular complexity index is 1850. The average molecular weight is 658 g/mol. The number of aromatic nitrogens is 3. The monoisotopic (exact) mass is 657 g/mol. The lowest BCUT2D eigenvalue weighted by Gasteiger charge is -2.13. The third kappa shape index (κ3) is 7.15. The van der Waals surface area contributed by atoms with Gasteiger partial charge in [0.25, 0.3) is 0 Å². The summed E-state index contributed by atoms with van der Waals surface area (Å²) in [6.07, 6.45) is 1.73. The number of aliphatic imine (C=N–C) groups is 1. The van der Waals surface area contributed by atoms with Gasteiger partial charge in [-0.3, -0.25) is 14.4 Å². The Kier molecular flexibility index (Phi) is 10.5. The lowest BCUT2D eigenvalue weighted by atomic mass is 9.99. The fourth-order valence-corrected chi connectivity index (χ4v) is 6.62. The lowest BCUT2D eigenvalue weighted by molar-refractivity contribution is -0.121. The first kappa shape index (κ1) is 32.9. The molecule has 0 aliphatic carbocycles. The minimum Gasteiger partial charge on any atom is -0.465 e. The van der Waals surface area contributed by atoms with E-state index in [0.717, 1.165) is 51.8 Å². The SMILES string of the molecule is COC(=O)c1ccc(NCCCCNC(=O)C[C@@H]2N=C(c3ccc(Cl)cc3)c3c(sc(C)c3C)-n3c(C)nnc32)cc1C#CCN. The summed E-state index contributed by atoms with van der Waals surface area (Å²) in [5.41, 5.74) is 11.2. The quantitative estimate of drug-likeness (QED) is 0.120. The van der Waals surface area contributed by atoms with Crippen LogP contribution in [0.15, 0.2) is 47.5 Å². The summed E-state index contributed by atoms with van der Waals surface area (Å²) >= 11 is 7.88. The van der Waals surface area contributed by atoms with Crippen LogP contribution in [0.4, 0.5) is 5.69 Å². The number of nitrogens with one attached hydrogen (secondary N) is 2. The molecule has 0 fully saturated rings. The maximum absolute atomic E-state index is 13.2. The number of rotatable bonds is 10. The summed E-state index contributed by atoms with van der Waals surface area (Å²) in [5.74, 6) is 6.57. The molecular weight excluding hydrogens is 622 g/mol. The van der Waals surface area contributed by atoms with E-state index in [2.05, 4.69) is 46.5 Å². The van der Waals surface area contributed by atoms with Crippen LogP contribution < -0.4 is 16.4 Å². The number of nitrogens with two attached hydrogens (primary N) is 1. The van der Waals surface area contributed by atoms with E-state index in [1.807, 2.05) is 47.9 Å². The van der Waals surface area contributed by atoms with Crippen molar-refractivity contribution in [2.45, 2.75) is 46.1 Å². The van der Waals surface area contributed by atoms with Gasteiger partial charge in [-0.05, 0) is 69.5 Å². The predicted octanol–water partition coefficient (Wildman–Crippen LogP) is 5.29. The molecular formula is C34H36ClN7O3S. The number of anilines is 1. The minimum absolute atomic E-state index is 0.107. The topological polar surface area (TPSA) is 137 Å². The fourth-order valence-electron chi connectivity index (χ4n) is 5.28. The molecule has 0 bridgehead atoms. The van der Waals surface area contributed by atoms with Gasteiger partial charge < -0.3 is 21.1 Å². The van der Waals surface area contributed by atoms with Gasteiger partial charge >= 0.3 is 5.97 Å². The molecule has 238 valence electrons. The number of hydrogen-bond donors (Lipinski definition) is 3. The van der Waals surface area contributed by atoms with Crippen LogP contribution in [0.5, 0.6) is 0 Å². The normalized spacial score (nSPS) is 13.4. The number of benzene rings is 2. The molecule has 0 spiro atoms. The van der Waals surface area contributed by atoms with Gasteiger partial charge in [0.15, 0.2) is 5.82 Å². The zero-order valence-electron chi connectivity index (χ0n) is 26.2.